The van der Waals surface area contributed by atoms with Gasteiger partial charge in [-0.1, -0.05) is 6.92 Å². The van der Waals surface area contributed by atoms with Crippen LogP contribution in [0.4, 0.5) is 11.4 Å². The maximum Gasteiger partial charge on any atom is 0.251 e. The lowest BCUT2D eigenvalue weighted by atomic mass is 10.1. The van der Waals surface area contributed by atoms with Gasteiger partial charge < -0.3 is 16.4 Å². The van der Waals surface area contributed by atoms with Gasteiger partial charge in [-0.25, -0.2) is 0 Å². The molecule has 0 aliphatic carbocycles. The van der Waals surface area contributed by atoms with Crippen LogP contribution in [-0.4, -0.2) is 19.5 Å². The van der Waals surface area contributed by atoms with E-state index >= 15 is 0 Å². The number of rotatable bonds is 4. The summed E-state index contributed by atoms with van der Waals surface area (Å²) in [6.07, 6.45) is 1.04. The van der Waals surface area contributed by atoms with E-state index in [9.17, 15) is 4.79 Å². The molecule has 1 amide bonds. The van der Waals surface area contributed by atoms with Crippen LogP contribution in [0.2, 0.25) is 0 Å². The summed E-state index contributed by atoms with van der Waals surface area (Å²) in [4.78, 5) is 11.3. The second-order valence-electron chi connectivity index (χ2n) is 3.31. The number of hydrogen-bond acceptors (Lipinski definition) is 3. The van der Waals surface area contributed by atoms with Crippen LogP contribution >= 0.6 is 0 Å². The van der Waals surface area contributed by atoms with Crippen molar-refractivity contribution in [2.24, 2.45) is 0 Å². The number of carbonyl (C=O) groups excluding carboxylic acids is 1. The highest BCUT2D eigenvalue weighted by Gasteiger charge is 2.05. The highest BCUT2D eigenvalue weighted by molar-refractivity contribution is 5.95. The van der Waals surface area contributed by atoms with Gasteiger partial charge in [-0.2, -0.15) is 0 Å². The topological polar surface area (TPSA) is 67.2 Å². The SMILES string of the molecule is CCCNc1ccc(C(=O)NC)cc1N. The van der Waals surface area contributed by atoms with E-state index < -0.39 is 0 Å². The lowest BCUT2D eigenvalue weighted by molar-refractivity contribution is 0.0963. The van der Waals surface area contributed by atoms with E-state index in [0.29, 0.717) is 11.3 Å². The van der Waals surface area contributed by atoms with Gasteiger partial charge in [-0.3, -0.25) is 4.79 Å². The van der Waals surface area contributed by atoms with Crippen molar-refractivity contribution < 1.29 is 4.79 Å². The molecule has 0 bridgehead atoms. The van der Waals surface area contributed by atoms with Gasteiger partial charge in [0.15, 0.2) is 0 Å². The van der Waals surface area contributed by atoms with Crippen molar-refractivity contribution in [3.05, 3.63) is 23.8 Å². The minimum Gasteiger partial charge on any atom is -0.397 e. The molecule has 4 heteroatoms. The number of anilines is 2. The number of benzene rings is 1. The van der Waals surface area contributed by atoms with Crippen LogP contribution in [0.25, 0.3) is 0 Å². The average Bonchev–Trinajstić information content (AvgIpc) is 2.26. The zero-order chi connectivity index (χ0) is 11.3. The van der Waals surface area contributed by atoms with Crippen molar-refractivity contribution in [2.75, 3.05) is 24.6 Å². The Bertz CT molecular complexity index is 350. The number of nitrogens with two attached hydrogens (primary N) is 1. The molecule has 1 aromatic rings. The fraction of sp³-hybridized carbons (Fsp3) is 0.364. The first-order valence-corrected chi connectivity index (χ1v) is 5.04. The highest BCUT2D eigenvalue weighted by atomic mass is 16.1. The first-order chi connectivity index (χ1) is 7.19. The second kappa shape index (κ2) is 5.24. The molecule has 0 spiro atoms. The van der Waals surface area contributed by atoms with Crippen molar-refractivity contribution in [3.63, 3.8) is 0 Å². The third-order valence-electron chi connectivity index (χ3n) is 2.11. The van der Waals surface area contributed by atoms with Gasteiger partial charge in [-0.05, 0) is 24.6 Å². The number of nitrogens with one attached hydrogen (secondary N) is 2. The molecule has 0 saturated carbocycles. The van der Waals surface area contributed by atoms with Gasteiger partial charge in [0.2, 0.25) is 0 Å². The summed E-state index contributed by atoms with van der Waals surface area (Å²) in [7, 11) is 1.60. The van der Waals surface area contributed by atoms with Crippen molar-refractivity contribution in [2.45, 2.75) is 13.3 Å². The number of amides is 1. The van der Waals surface area contributed by atoms with E-state index in [2.05, 4.69) is 17.6 Å². The van der Waals surface area contributed by atoms with Crippen LogP contribution in [-0.2, 0) is 0 Å². The molecule has 0 unspecified atom stereocenters. The zero-order valence-corrected chi connectivity index (χ0v) is 9.13. The lowest BCUT2D eigenvalue weighted by Crippen LogP contribution is -2.18. The molecular formula is C11H17N3O. The summed E-state index contributed by atoms with van der Waals surface area (Å²) in [5.74, 6) is -0.122. The molecule has 0 fully saturated rings. The molecule has 0 aliphatic heterocycles. The van der Waals surface area contributed by atoms with Crippen LogP contribution < -0.4 is 16.4 Å². The first-order valence-electron chi connectivity index (χ1n) is 5.04. The predicted octanol–water partition coefficient (Wildman–Crippen LogP) is 1.45. The minimum absolute atomic E-state index is 0.122. The molecule has 0 radical (unpaired) electrons. The van der Waals surface area contributed by atoms with E-state index in [1.165, 1.54) is 0 Å². The van der Waals surface area contributed by atoms with E-state index in [1.807, 2.05) is 6.07 Å². The Hall–Kier alpha value is -1.71. The van der Waals surface area contributed by atoms with E-state index in [0.717, 1.165) is 18.7 Å². The largest absolute Gasteiger partial charge is 0.397 e. The van der Waals surface area contributed by atoms with Gasteiger partial charge in [0.25, 0.3) is 5.91 Å². The molecule has 4 N–H and O–H groups in total. The molecule has 0 aliphatic rings. The highest BCUT2D eigenvalue weighted by Crippen LogP contribution is 2.19. The number of hydrogen-bond donors (Lipinski definition) is 3. The maximum atomic E-state index is 11.3. The Labute approximate surface area is 89.9 Å². The number of carbonyl (C=O) groups is 1. The molecule has 82 valence electrons. The Morgan fingerprint density at radius 3 is 2.73 bits per heavy atom. The van der Waals surface area contributed by atoms with Gasteiger partial charge in [0, 0.05) is 19.2 Å². The van der Waals surface area contributed by atoms with Crippen LogP contribution in [0.1, 0.15) is 23.7 Å². The first kappa shape index (κ1) is 11.4. The Morgan fingerprint density at radius 2 is 2.20 bits per heavy atom. The van der Waals surface area contributed by atoms with E-state index in [1.54, 1.807) is 19.2 Å². The monoisotopic (exact) mass is 207 g/mol. The van der Waals surface area contributed by atoms with Crippen molar-refractivity contribution in [1.82, 2.24) is 5.32 Å². The molecule has 0 aromatic heterocycles. The standard InChI is InChI=1S/C11H17N3O/c1-3-6-14-10-5-4-8(7-9(10)12)11(15)13-2/h4-5,7,14H,3,6,12H2,1-2H3,(H,13,15). The molecule has 4 nitrogen and oxygen atoms in total. The molecule has 0 heterocycles. The average molecular weight is 207 g/mol. The van der Waals surface area contributed by atoms with Crippen LogP contribution in [0.15, 0.2) is 18.2 Å². The fourth-order valence-corrected chi connectivity index (χ4v) is 1.27. The summed E-state index contributed by atoms with van der Waals surface area (Å²) in [5, 5.41) is 5.75. The normalized spacial score (nSPS) is 9.73. The molecular weight excluding hydrogens is 190 g/mol. The number of nitrogen functional groups attached to an aromatic ring is 1. The smallest absolute Gasteiger partial charge is 0.251 e. The molecule has 0 saturated heterocycles. The van der Waals surface area contributed by atoms with Crippen LogP contribution in [0.3, 0.4) is 0 Å². The summed E-state index contributed by atoms with van der Waals surface area (Å²) >= 11 is 0. The second-order valence-corrected chi connectivity index (χ2v) is 3.31. The fourth-order valence-electron chi connectivity index (χ4n) is 1.27. The Kier molecular flexibility index (Phi) is 3.97. The Balaban J connectivity index is 2.83. The van der Waals surface area contributed by atoms with Gasteiger partial charge in [0.05, 0.1) is 11.4 Å². The maximum absolute atomic E-state index is 11.3. The summed E-state index contributed by atoms with van der Waals surface area (Å²) in [6, 6.07) is 5.26. The van der Waals surface area contributed by atoms with E-state index in [4.69, 9.17) is 5.73 Å². The lowest BCUT2D eigenvalue weighted by Gasteiger charge is -2.09. The van der Waals surface area contributed by atoms with Gasteiger partial charge >= 0.3 is 0 Å². The van der Waals surface area contributed by atoms with Crippen molar-refractivity contribution >= 4 is 17.3 Å². The molecule has 1 rings (SSSR count). The predicted molar refractivity (Wildman–Crippen MR) is 63.0 cm³/mol. The summed E-state index contributed by atoms with van der Waals surface area (Å²) < 4.78 is 0. The molecule has 15 heavy (non-hydrogen) atoms. The van der Waals surface area contributed by atoms with Crippen molar-refractivity contribution in [1.29, 1.82) is 0 Å². The third-order valence-corrected chi connectivity index (χ3v) is 2.11. The third kappa shape index (κ3) is 2.87. The molecule has 0 atom stereocenters. The summed E-state index contributed by atoms with van der Waals surface area (Å²) in [6.45, 7) is 2.96. The van der Waals surface area contributed by atoms with Crippen LogP contribution in [0.5, 0.6) is 0 Å². The van der Waals surface area contributed by atoms with Crippen LogP contribution in [0, 0.1) is 0 Å². The van der Waals surface area contributed by atoms with Crippen molar-refractivity contribution in [3.8, 4) is 0 Å². The summed E-state index contributed by atoms with van der Waals surface area (Å²) in [5.41, 5.74) is 7.87. The minimum atomic E-state index is -0.122. The molecule has 1 aromatic carbocycles. The van der Waals surface area contributed by atoms with Gasteiger partial charge in [-0.15, -0.1) is 0 Å². The quantitative estimate of drug-likeness (QED) is 0.655. The van der Waals surface area contributed by atoms with Gasteiger partial charge in [0.1, 0.15) is 0 Å². The zero-order valence-electron chi connectivity index (χ0n) is 9.13. The Morgan fingerprint density at radius 1 is 1.47 bits per heavy atom. The van der Waals surface area contributed by atoms with E-state index in [-0.39, 0.29) is 5.91 Å².